The Morgan fingerprint density at radius 2 is 1.35 bits per heavy atom. The number of likely N-dealkylation sites (N-methyl/N-ethyl adjacent to an activating group) is 1. The number of carbonyl (C=O) groups is 2. The van der Waals surface area contributed by atoms with E-state index in [0.717, 1.165) is 19.5 Å². The van der Waals surface area contributed by atoms with Crippen LogP contribution in [0.15, 0.2) is 0 Å². The second kappa shape index (κ2) is 18.7. The van der Waals surface area contributed by atoms with Crippen LogP contribution in [0.5, 0.6) is 0 Å². The van der Waals surface area contributed by atoms with E-state index in [1.165, 1.54) is 51.4 Å². The van der Waals surface area contributed by atoms with Gasteiger partial charge in [0.15, 0.2) is 0 Å². The van der Waals surface area contributed by atoms with Crippen molar-refractivity contribution in [2.24, 2.45) is 11.8 Å². The van der Waals surface area contributed by atoms with E-state index in [4.69, 9.17) is 5.11 Å². The number of rotatable bonds is 15. The van der Waals surface area contributed by atoms with Crippen LogP contribution >= 0.6 is 0 Å². The Morgan fingerprint density at radius 3 is 1.54 bits per heavy atom. The molecule has 0 aliphatic heterocycles. The van der Waals surface area contributed by atoms with Crippen molar-refractivity contribution in [3.8, 4) is 0 Å². The normalized spacial score (nSPS) is 12.9. The summed E-state index contributed by atoms with van der Waals surface area (Å²) in [6, 6.07) is 0. The molecular weight excluding hydrogens is 328 g/mol. The van der Waals surface area contributed by atoms with E-state index in [9.17, 15) is 9.59 Å². The standard InChI is InChI=1S/C17H35NO.C4H9NO2/c1-5-9-11-16(7-3)13-18(15-19)14-17(8-4)12-10-6-2;1-5(2)3-4(6)7/h15-17H,5-14H2,1-4H3;3H2,1-2H3,(H,6,7). The van der Waals surface area contributed by atoms with Crippen LogP contribution in [0, 0.1) is 11.8 Å². The highest BCUT2D eigenvalue weighted by Gasteiger charge is 2.15. The first-order chi connectivity index (χ1) is 12.3. The van der Waals surface area contributed by atoms with Gasteiger partial charge < -0.3 is 10.0 Å². The minimum Gasteiger partial charge on any atom is -0.480 e. The van der Waals surface area contributed by atoms with Gasteiger partial charge in [-0.25, -0.2) is 0 Å². The third-order valence-electron chi connectivity index (χ3n) is 4.67. The molecule has 0 heterocycles. The van der Waals surface area contributed by atoms with Gasteiger partial charge in [-0.2, -0.15) is 0 Å². The summed E-state index contributed by atoms with van der Waals surface area (Å²) in [6.45, 7) is 11.0. The van der Waals surface area contributed by atoms with Gasteiger partial charge >= 0.3 is 5.97 Å². The number of carbonyl (C=O) groups excluding carboxylic acids is 1. The summed E-state index contributed by atoms with van der Waals surface area (Å²) in [4.78, 5) is 24.7. The van der Waals surface area contributed by atoms with Crippen LogP contribution in [-0.4, -0.2) is 61.0 Å². The summed E-state index contributed by atoms with van der Waals surface area (Å²) in [5, 5.41) is 8.04. The van der Waals surface area contributed by atoms with Crippen molar-refractivity contribution in [2.45, 2.75) is 79.1 Å². The van der Waals surface area contributed by atoms with Crippen molar-refractivity contribution in [3.05, 3.63) is 0 Å². The fourth-order valence-corrected chi connectivity index (χ4v) is 2.93. The molecule has 0 bridgehead atoms. The van der Waals surface area contributed by atoms with Gasteiger partial charge in [0.2, 0.25) is 6.41 Å². The number of nitrogens with zero attached hydrogens (tertiary/aromatic N) is 2. The molecule has 1 N–H and O–H groups in total. The van der Waals surface area contributed by atoms with Gasteiger partial charge in [-0.3, -0.25) is 14.5 Å². The van der Waals surface area contributed by atoms with Gasteiger partial charge in [-0.15, -0.1) is 0 Å². The quantitative estimate of drug-likeness (QED) is 0.430. The third kappa shape index (κ3) is 17.7. The Bertz CT molecular complexity index is 317. The SMILES string of the molecule is CCCCC(CC)CN(C=O)CC(CC)CCCC.CN(C)CC(=O)O. The lowest BCUT2D eigenvalue weighted by atomic mass is 9.96. The molecule has 0 aliphatic rings. The summed E-state index contributed by atoms with van der Waals surface area (Å²) in [5.41, 5.74) is 0. The zero-order valence-corrected chi connectivity index (χ0v) is 18.2. The summed E-state index contributed by atoms with van der Waals surface area (Å²) in [6.07, 6.45) is 11.1. The largest absolute Gasteiger partial charge is 0.480 e. The van der Waals surface area contributed by atoms with Crippen LogP contribution in [-0.2, 0) is 9.59 Å². The molecule has 0 aromatic heterocycles. The molecule has 0 fully saturated rings. The maximum Gasteiger partial charge on any atom is 0.317 e. The lowest BCUT2D eigenvalue weighted by Gasteiger charge is -2.27. The van der Waals surface area contributed by atoms with Crippen LogP contribution in [0.25, 0.3) is 0 Å². The molecule has 0 saturated carbocycles. The predicted molar refractivity (Wildman–Crippen MR) is 110 cm³/mol. The van der Waals surface area contributed by atoms with Gasteiger partial charge in [0.1, 0.15) is 0 Å². The van der Waals surface area contributed by atoms with E-state index in [0.29, 0.717) is 11.8 Å². The summed E-state index contributed by atoms with van der Waals surface area (Å²) < 4.78 is 0. The summed E-state index contributed by atoms with van der Waals surface area (Å²) >= 11 is 0. The topological polar surface area (TPSA) is 60.9 Å². The molecule has 0 radical (unpaired) electrons. The van der Waals surface area contributed by atoms with Crippen molar-refractivity contribution >= 4 is 12.4 Å². The molecule has 0 saturated heterocycles. The molecular formula is C21H44N2O3. The molecule has 0 aliphatic carbocycles. The molecule has 2 unspecified atom stereocenters. The van der Waals surface area contributed by atoms with Crippen molar-refractivity contribution in [1.82, 2.24) is 9.80 Å². The fourth-order valence-electron chi connectivity index (χ4n) is 2.93. The molecule has 0 aromatic rings. The Morgan fingerprint density at radius 1 is 0.923 bits per heavy atom. The Labute approximate surface area is 162 Å². The maximum absolute atomic E-state index is 11.3. The summed E-state index contributed by atoms with van der Waals surface area (Å²) in [5.74, 6) is 0.590. The molecule has 5 heteroatoms. The number of aliphatic carboxylic acids is 1. The van der Waals surface area contributed by atoms with Crippen molar-refractivity contribution in [1.29, 1.82) is 0 Å². The summed E-state index contributed by atoms with van der Waals surface area (Å²) in [7, 11) is 3.43. The fraction of sp³-hybridized carbons (Fsp3) is 0.905. The van der Waals surface area contributed by atoms with Crippen molar-refractivity contribution in [3.63, 3.8) is 0 Å². The van der Waals surface area contributed by atoms with Gasteiger partial charge in [0, 0.05) is 13.1 Å². The second-order valence-electron chi connectivity index (χ2n) is 7.52. The van der Waals surface area contributed by atoms with E-state index in [1.54, 1.807) is 19.0 Å². The van der Waals surface area contributed by atoms with Crippen LogP contribution in [0.1, 0.15) is 79.1 Å². The molecule has 0 aromatic carbocycles. The van der Waals surface area contributed by atoms with Crippen molar-refractivity contribution in [2.75, 3.05) is 33.7 Å². The first-order valence-electron chi connectivity index (χ1n) is 10.4. The second-order valence-corrected chi connectivity index (χ2v) is 7.52. The van der Waals surface area contributed by atoms with E-state index in [-0.39, 0.29) is 6.54 Å². The number of hydrogen-bond donors (Lipinski definition) is 1. The first-order valence-corrected chi connectivity index (χ1v) is 10.4. The van der Waals surface area contributed by atoms with Crippen LogP contribution < -0.4 is 0 Å². The monoisotopic (exact) mass is 372 g/mol. The Balaban J connectivity index is 0. The minimum atomic E-state index is -0.787. The van der Waals surface area contributed by atoms with E-state index < -0.39 is 5.97 Å². The first kappa shape index (κ1) is 27.1. The highest BCUT2D eigenvalue weighted by atomic mass is 16.4. The molecule has 26 heavy (non-hydrogen) atoms. The zero-order chi connectivity index (χ0) is 20.4. The number of unbranched alkanes of at least 4 members (excludes halogenated alkanes) is 2. The zero-order valence-electron chi connectivity index (χ0n) is 18.2. The van der Waals surface area contributed by atoms with E-state index in [1.807, 2.05) is 4.90 Å². The molecule has 2 atom stereocenters. The molecule has 1 amide bonds. The number of hydrogen-bond acceptors (Lipinski definition) is 3. The maximum atomic E-state index is 11.3. The lowest BCUT2D eigenvalue weighted by Crippen LogP contribution is -2.32. The van der Waals surface area contributed by atoms with Crippen LogP contribution in [0.4, 0.5) is 0 Å². The van der Waals surface area contributed by atoms with E-state index >= 15 is 0 Å². The highest BCUT2D eigenvalue weighted by molar-refractivity contribution is 5.68. The van der Waals surface area contributed by atoms with Gasteiger partial charge in [-0.05, 0) is 38.8 Å². The average Bonchev–Trinajstić information content (AvgIpc) is 2.59. The van der Waals surface area contributed by atoms with Gasteiger partial charge in [0.25, 0.3) is 0 Å². The number of carboxylic acids is 1. The molecule has 5 nitrogen and oxygen atoms in total. The van der Waals surface area contributed by atoms with Gasteiger partial charge in [-0.1, -0.05) is 66.2 Å². The molecule has 0 rings (SSSR count). The van der Waals surface area contributed by atoms with Crippen molar-refractivity contribution < 1.29 is 14.7 Å². The van der Waals surface area contributed by atoms with Crippen LogP contribution in [0.3, 0.4) is 0 Å². The van der Waals surface area contributed by atoms with Crippen LogP contribution in [0.2, 0.25) is 0 Å². The predicted octanol–water partition coefficient (Wildman–Crippen LogP) is 4.51. The number of amides is 1. The lowest BCUT2D eigenvalue weighted by molar-refractivity contribution is -0.137. The smallest absolute Gasteiger partial charge is 0.317 e. The Kier molecular flexibility index (Phi) is 19.5. The Hall–Kier alpha value is -1.10. The average molecular weight is 373 g/mol. The van der Waals surface area contributed by atoms with E-state index in [2.05, 4.69) is 27.7 Å². The molecule has 156 valence electrons. The number of carboxylic acid groups (broad SMARTS) is 1. The highest BCUT2D eigenvalue weighted by Crippen LogP contribution is 2.17. The third-order valence-corrected chi connectivity index (χ3v) is 4.67. The van der Waals surface area contributed by atoms with Gasteiger partial charge in [0.05, 0.1) is 6.54 Å². The molecule has 0 spiro atoms. The minimum absolute atomic E-state index is 0.111.